The first-order chi connectivity index (χ1) is 10.1. The van der Waals surface area contributed by atoms with Crippen LogP contribution in [0, 0.1) is 11.8 Å². The number of hydrazone groups is 1. The summed E-state index contributed by atoms with van der Waals surface area (Å²) in [5.74, 6) is 1.30. The average Bonchev–Trinajstić information content (AvgIpc) is 3.04. The highest BCUT2D eigenvalue weighted by Gasteiger charge is 2.35. The highest BCUT2D eigenvalue weighted by molar-refractivity contribution is 7.80. The molecule has 1 saturated carbocycles. The Morgan fingerprint density at radius 2 is 2.00 bits per heavy atom. The Morgan fingerprint density at radius 1 is 1.24 bits per heavy atom. The zero-order chi connectivity index (χ0) is 14.8. The molecule has 0 aromatic heterocycles. The van der Waals surface area contributed by atoms with E-state index in [2.05, 4.69) is 28.0 Å². The SMILES string of the molecule is S=C(N/N=C\c1c(Cl)cccc1Cl)N[C@@H]1C[C@@H]2C=C[C@H]1C2. The summed E-state index contributed by atoms with van der Waals surface area (Å²) in [5.41, 5.74) is 3.50. The summed E-state index contributed by atoms with van der Waals surface area (Å²) in [6.45, 7) is 0. The first-order valence-electron chi connectivity index (χ1n) is 6.85. The summed E-state index contributed by atoms with van der Waals surface area (Å²) in [6, 6.07) is 5.75. The maximum Gasteiger partial charge on any atom is 0.187 e. The zero-order valence-electron chi connectivity index (χ0n) is 11.2. The Labute approximate surface area is 139 Å². The lowest BCUT2D eigenvalue weighted by Crippen LogP contribution is -2.42. The summed E-state index contributed by atoms with van der Waals surface area (Å²) in [6.07, 6.45) is 8.54. The number of hydrogen-bond acceptors (Lipinski definition) is 2. The molecule has 0 aliphatic heterocycles. The second kappa shape index (κ2) is 6.34. The van der Waals surface area contributed by atoms with Crippen LogP contribution >= 0.6 is 35.4 Å². The van der Waals surface area contributed by atoms with Crippen molar-refractivity contribution in [3.05, 3.63) is 46.0 Å². The van der Waals surface area contributed by atoms with Gasteiger partial charge in [0.05, 0.1) is 16.3 Å². The van der Waals surface area contributed by atoms with Crippen molar-refractivity contribution in [2.75, 3.05) is 0 Å². The van der Waals surface area contributed by atoms with Crippen LogP contribution in [0.15, 0.2) is 35.5 Å². The molecular formula is C15H15Cl2N3S. The van der Waals surface area contributed by atoms with Gasteiger partial charge >= 0.3 is 0 Å². The van der Waals surface area contributed by atoms with Gasteiger partial charge in [0.2, 0.25) is 0 Å². The van der Waals surface area contributed by atoms with E-state index in [4.69, 9.17) is 35.4 Å². The third-order valence-electron chi connectivity index (χ3n) is 3.95. The molecule has 1 aromatic carbocycles. The van der Waals surface area contributed by atoms with Crippen LogP contribution in [0.1, 0.15) is 18.4 Å². The monoisotopic (exact) mass is 339 g/mol. The fourth-order valence-corrected chi connectivity index (χ4v) is 3.64. The second-order valence-electron chi connectivity index (χ2n) is 5.37. The van der Waals surface area contributed by atoms with E-state index in [1.54, 1.807) is 24.4 Å². The van der Waals surface area contributed by atoms with E-state index in [1.165, 1.54) is 6.42 Å². The van der Waals surface area contributed by atoms with Gasteiger partial charge in [0.1, 0.15) is 0 Å². The Hall–Kier alpha value is -1.10. The lowest BCUT2D eigenvalue weighted by molar-refractivity contribution is 0.521. The third kappa shape index (κ3) is 3.39. The van der Waals surface area contributed by atoms with Gasteiger partial charge in [0, 0.05) is 11.6 Å². The van der Waals surface area contributed by atoms with Crippen LogP contribution in [-0.2, 0) is 0 Å². The van der Waals surface area contributed by atoms with Crippen LogP contribution in [0.4, 0.5) is 0 Å². The molecule has 3 rings (SSSR count). The van der Waals surface area contributed by atoms with E-state index in [-0.39, 0.29) is 0 Å². The molecule has 2 N–H and O–H groups in total. The van der Waals surface area contributed by atoms with E-state index in [0.717, 1.165) is 6.42 Å². The van der Waals surface area contributed by atoms with Gasteiger partial charge in [-0.25, -0.2) is 0 Å². The Bertz CT molecular complexity index is 595. The van der Waals surface area contributed by atoms with Crippen LogP contribution in [-0.4, -0.2) is 17.4 Å². The van der Waals surface area contributed by atoms with Crippen LogP contribution in [0.3, 0.4) is 0 Å². The Morgan fingerprint density at radius 3 is 2.62 bits per heavy atom. The molecule has 0 spiro atoms. The lowest BCUT2D eigenvalue weighted by Gasteiger charge is -2.20. The summed E-state index contributed by atoms with van der Waals surface area (Å²) in [7, 11) is 0. The minimum absolute atomic E-state index is 0.416. The van der Waals surface area contributed by atoms with Crippen LogP contribution in [0.25, 0.3) is 0 Å². The topological polar surface area (TPSA) is 36.4 Å². The molecule has 1 aromatic rings. The van der Waals surface area contributed by atoms with Crippen LogP contribution in [0.2, 0.25) is 10.0 Å². The van der Waals surface area contributed by atoms with Crippen molar-refractivity contribution < 1.29 is 0 Å². The largest absolute Gasteiger partial charge is 0.358 e. The van der Waals surface area contributed by atoms with Gasteiger partial charge in [-0.05, 0) is 49.0 Å². The van der Waals surface area contributed by atoms with E-state index < -0.39 is 0 Å². The van der Waals surface area contributed by atoms with Gasteiger partial charge in [0.25, 0.3) is 0 Å². The minimum Gasteiger partial charge on any atom is -0.358 e. The molecule has 2 aliphatic carbocycles. The lowest BCUT2D eigenvalue weighted by atomic mass is 10.0. The summed E-state index contributed by atoms with van der Waals surface area (Å²) in [4.78, 5) is 0. The van der Waals surface area contributed by atoms with E-state index in [0.29, 0.717) is 38.6 Å². The number of rotatable bonds is 3. The molecule has 3 atom stereocenters. The van der Waals surface area contributed by atoms with Crippen molar-refractivity contribution in [3.8, 4) is 0 Å². The highest BCUT2D eigenvalue weighted by Crippen LogP contribution is 2.38. The maximum absolute atomic E-state index is 6.07. The number of nitrogens with zero attached hydrogens (tertiary/aromatic N) is 1. The number of thiocarbonyl (C=S) groups is 1. The van der Waals surface area contributed by atoms with Crippen molar-refractivity contribution in [1.82, 2.24) is 10.7 Å². The molecule has 0 radical (unpaired) electrons. The van der Waals surface area contributed by atoms with E-state index in [1.807, 2.05) is 0 Å². The van der Waals surface area contributed by atoms with Crippen molar-refractivity contribution in [1.29, 1.82) is 0 Å². The maximum atomic E-state index is 6.07. The third-order valence-corrected chi connectivity index (χ3v) is 4.82. The standard InChI is InChI=1S/C15H15Cl2N3S/c16-12-2-1-3-13(17)11(12)8-18-20-15(21)19-14-7-9-4-5-10(14)6-9/h1-5,8-10,14H,6-7H2,(H2,19,20,21)/b18-8-/t9-,10+,14-/m1/s1. The molecule has 1 fully saturated rings. The molecule has 6 heteroatoms. The van der Waals surface area contributed by atoms with Gasteiger partial charge < -0.3 is 5.32 Å². The molecule has 2 aliphatic rings. The van der Waals surface area contributed by atoms with E-state index >= 15 is 0 Å². The van der Waals surface area contributed by atoms with Crippen LogP contribution < -0.4 is 10.7 Å². The number of halogens is 2. The molecule has 0 amide bonds. The van der Waals surface area contributed by atoms with Gasteiger partial charge in [-0.3, -0.25) is 5.43 Å². The molecule has 3 nitrogen and oxygen atoms in total. The Kier molecular flexibility index (Phi) is 4.48. The fourth-order valence-electron chi connectivity index (χ4n) is 2.94. The quantitative estimate of drug-likeness (QED) is 0.381. The van der Waals surface area contributed by atoms with Crippen molar-refractivity contribution >= 4 is 46.7 Å². The van der Waals surface area contributed by atoms with Gasteiger partial charge in [0.15, 0.2) is 5.11 Å². The zero-order valence-corrected chi connectivity index (χ0v) is 13.6. The highest BCUT2D eigenvalue weighted by atomic mass is 35.5. The summed E-state index contributed by atoms with van der Waals surface area (Å²) in [5, 5.41) is 9.07. The summed E-state index contributed by atoms with van der Waals surface area (Å²) >= 11 is 17.4. The predicted octanol–water partition coefficient (Wildman–Crippen LogP) is 3.76. The number of allylic oxidation sites excluding steroid dienone is 1. The molecule has 110 valence electrons. The fraction of sp³-hybridized carbons (Fsp3) is 0.333. The van der Waals surface area contributed by atoms with Crippen molar-refractivity contribution in [3.63, 3.8) is 0 Å². The predicted molar refractivity (Wildman–Crippen MR) is 92.1 cm³/mol. The summed E-state index contributed by atoms with van der Waals surface area (Å²) < 4.78 is 0. The number of benzene rings is 1. The van der Waals surface area contributed by atoms with Crippen LogP contribution in [0.5, 0.6) is 0 Å². The van der Waals surface area contributed by atoms with Crippen molar-refractivity contribution in [2.45, 2.75) is 18.9 Å². The van der Waals surface area contributed by atoms with E-state index in [9.17, 15) is 0 Å². The molecule has 0 unspecified atom stereocenters. The Balaban J connectivity index is 1.54. The smallest absolute Gasteiger partial charge is 0.187 e. The molecule has 21 heavy (non-hydrogen) atoms. The van der Waals surface area contributed by atoms with Crippen molar-refractivity contribution in [2.24, 2.45) is 16.9 Å². The minimum atomic E-state index is 0.416. The number of nitrogens with one attached hydrogen (secondary N) is 2. The second-order valence-corrected chi connectivity index (χ2v) is 6.59. The van der Waals surface area contributed by atoms with Gasteiger partial charge in [-0.2, -0.15) is 5.10 Å². The molecule has 0 heterocycles. The number of fused-ring (bicyclic) bond motifs is 2. The van der Waals surface area contributed by atoms with Gasteiger partial charge in [-0.15, -0.1) is 0 Å². The first-order valence-corrected chi connectivity index (χ1v) is 8.02. The van der Waals surface area contributed by atoms with Gasteiger partial charge in [-0.1, -0.05) is 41.4 Å². The molecular weight excluding hydrogens is 325 g/mol. The average molecular weight is 340 g/mol. The normalized spacial score (nSPS) is 26.5. The first kappa shape index (κ1) is 14.8. The molecule has 2 bridgehead atoms. The molecule has 0 saturated heterocycles. The number of hydrogen-bond donors (Lipinski definition) is 2.